The van der Waals surface area contributed by atoms with Crippen LogP contribution >= 0.6 is 11.6 Å². The molecule has 0 unspecified atom stereocenters. The molecule has 2 aromatic carbocycles. The van der Waals surface area contributed by atoms with Gasteiger partial charge in [0.05, 0.1) is 27.4 Å². The Kier molecular flexibility index (Phi) is 29.4. The first-order chi connectivity index (χ1) is 32.5. The number of nitrogens with one attached hydrogen (secondary N) is 1. The van der Waals surface area contributed by atoms with Crippen LogP contribution in [0.4, 0.5) is 9.59 Å². The molecule has 2 saturated heterocycles. The van der Waals surface area contributed by atoms with Gasteiger partial charge in [-0.15, -0.1) is 0 Å². The molecular weight excluding hydrogens is 920 g/mol. The summed E-state index contributed by atoms with van der Waals surface area (Å²) in [4.78, 5) is 54.8. The van der Waals surface area contributed by atoms with Crippen molar-refractivity contribution in [3.8, 4) is 23.0 Å². The number of amides is 3. The second-order valence-electron chi connectivity index (χ2n) is 20.0. The maximum absolute atomic E-state index is 13.7. The molecular formula is C53H89ClN4O12. The molecule has 16 nitrogen and oxygen atoms in total. The highest BCUT2D eigenvalue weighted by molar-refractivity contribution is 6.67. The van der Waals surface area contributed by atoms with Crippen LogP contribution in [0.2, 0.25) is 0 Å². The van der Waals surface area contributed by atoms with Crippen LogP contribution in [0.1, 0.15) is 136 Å². The van der Waals surface area contributed by atoms with Crippen molar-refractivity contribution in [1.29, 1.82) is 0 Å². The van der Waals surface area contributed by atoms with Crippen LogP contribution in [-0.4, -0.2) is 155 Å². The molecule has 2 atom stereocenters. The van der Waals surface area contributed by atoms with Gasteiger partial charge >= 0.3 is 12.2 Å². The number of likely N-dealkylation sites (tertiary alicyclic amines) is 2. The van der Waals surface area contributed by atoms with Crippen LogP contribution in [0.3, 0.4) is 0 Å². The van der Waals surface area contributed by atoms with E-state index in [4.69, 9.17) is 49.5 Å². The number of carbonyl (C=O) groups is 4. The lowest BCUT2D eigenvalue weighted by Gasteiger charge is -2.40. The summed E-state index contributed by atoms with van der Waals surface area (Å²) >= 11 is 5.40. The third kappa shape index (κ3) is 24.6. The van der Waals surface area contributed by atoms with Gasteiger partial charge in [0.1, 0.15) is 11.2 Å². The van der Waals surface area contributed by atoms with Crippen molar-refractivity contribution in [3.63, 3.8) is 0 Å². The topological polar surface area (TPSA) is 164 Å². The highest BCUT2D eigenvalue weighted by atomic mass is 35.5. The number of methoxy groups -OCH3 is 4. The third-order valence-corrected chi connectivity index (χ3v) is 10.7. The number of hydrogen-bond donors (Lipinski definition) is 1. The first-order valence-electron chi connectivity index (χ1n) is 24.3. The standard InChI is InChI=1S/C26H42N2O6.C14H28N2O2.C12H15ClO4.CH4/c1-19(2)17-28(21-10-8-13-27(18-21)25(30)34-26(3,4)5)24(29)20-11-12-22(32-7)23(16-20)33-15-9-14-31-6;1-11(2)9-15-12-7-6-8-16(10-12)13(17)18-14(3,4)5;1-15-6-3-7-17-11-8-9(12(13)14)4-5-10(11)16-2;/h11-12,16,19,21H,8-10,13-15,17-18H2,1-7H3;11-12,15H,6-10H2,1-5H3;4-5,8H,3,6-7H2,1-2H3;1H4/t21-;12-;;/m11../s1. The molecule has 2 aromatic rings. The maximum Gasteiger partial charge on any atom is 0.410 e. The Morgan fingerprint density at radius 1 is 0.671 bits per heavy atom. The van der Waals surface area contributed by atoms with E-state index in [1.165, 1.54) is 0 Å². The molecule has 17 heteroatoms. The van der Waals surface area contributed by atoms with Crippen LogP contribution in [0.5, 0.6) is 23.0 Å². The summed E-state index contributed by atoms with van der Waals surface area (Å²) in [5, 5.41) is 3.00. The molecule has 2 aliphatic rings. The highest BCUT2D eigenvalue weighted by Gasteiger charge is 2.34. The zero-order valence-corrected chi connectivity index (χ0v) is 45.0. The van der Waals surface area contributed by atoms with E-state index >= 15 is 0 Å². The van der Waals surface area contributed by atoms with Crippen LogP contribution < -0.4 is 24.3 Å². The quantitative estimate of drug-likeness (QED) is 0.0985. The number of benzene rings is 2. The molecule has 2 fully saturated rings. The molecule has 0 aliphatic carbocycles. The van der Waals surface area contributed by atoms with Crippen LogP contribution in [-0.2, 0) is 18.9 Å². The molecule has 0 spiro atoms. The van der Waals surface area contributed by atoms with E-state index in [0.29, 0.717) is 92.1 Å². The lowest BCUT2D eigenvalue weighted by Crippen LogP contribution is -2.53. The summed E-state index contributed by atoms with van der Waals surface area (Å²) < 4.78 is 42.9. The number of ether oxygens (including phenoxy) is 8. The minimum absolute atomic E-state index is 0. The number of hydrogen-bond acceptors (Lipinski definition) is 13. The average Bonchev–Trinajstić information content (AvgIpc) is 3.29. The smallest absolute Gasteiger partial charge is 0.410 e. The van der Waals surface area contributed by atoms with E-state index in [1.54, 1.807) is 69.7 Å². The van der Waals surface area contributed by atoms with Gasteiger partial charge in [0.2, 0.25) is 0 Å². The first-order valence-corrected chi connectivity index (χ1v) is 24.7. The Labute approximate surface area is 425 Å². The van der Waals surface area contributed by atoms with Gasteiger partial charge in [-0.1, -0.05) is 35.1 Å². The van der Waals surface area contributed by atoms with Crippen molar-refractivity contribution in [3.05, 3.63) is 47.5 Å². The van der Waals surface area contributed by atoms with Gasteiger partial charge in [-0.2, -0.15) is 0 Å². The number of rotatable bonds is 20. The van der Waals surface area contributed by atoms with Gasteiger partial charge in [0.15, 0.2) is 23.0 Å². The van der Waals surface area contributed by atoms with Crippen molar-refractivity contribution < 1.29 is 57.1 Å². The minimum atomic E-state index is -0.555. The summed E-state index contributed by atoms with van der Waals surface area (Å²) in [5.41, 5.74) is -0.0397. The third-order valence-electron chi connectivity index (χ3n) is 10.5. The maximum atomic E-state index is 13.7. The van der Waals surface area contributed by atoms with Crippen molar-refractivity contribution in [2.45, 2.75) is 138 Å². The number of nitrogens with zero attached hydrogens (tertiary/aromatic N) is 3. The molecule has 0 radical (unpaired) electrons. The Morgan fingerprint density at radius 2 is 1.14 bits per heavy atom. The molecule has 0 aromatic heterocycles. The summed E-state index contributed by atoms with van der Waals surface area (Å²) in [5.74, 6) is 3.05. The van der Waals surface area contributed by atoms with E-state index in [-0.39, 0.29) is 37.5 Å². The number of carbonyl (C=O) groups excluding carboxylic acids is 4. The Bertz CT molecular complexity index is 1850. The fraction of sp³-hybridized carbons (Fsp3) is 0.698. The van der Waals surface area contributed by atoms with Crippen LogP contribution in [0.25, 0.3) is 0 Å². The van der Waals surface area contributed by atoms with E-state index in [1.807, 2.05) is 51.3 Å². The second-order valence-corrected chi connectivity index (χ2v) is 20.4. The lowest BCUT2D eigenvalue weighted by molar-refractivity contribution is 0.00941. The Hall–Kier alpha value is -4.51. The van der Waals surface area contributed by atoms with Crippen molar-refractivity contribution >= 4 is 34.9 Å². The SMILES string of the molecule is C.CC(C)CN[C@@H]1CCCN(C(=O)OC(C)(C)C)C1.COCCCOc1cc(C(=O)Cl)ccc1OC.COCCCOc1cc(C(=O)N(CC(C)C)[C@@H]2CCCN(C(=O)OC(C)(C)C)C2)ccc1OC. The summed E-state index contributed by atoms with van der Waals surface area (Å²) in [6, 6.07) is 10.4. The van der Waals surface area contributed by atoms with E-state index in [9.17, 15) is 19.2 Å². The second kappa shape index (κ2) is 32.5. The zero-order valence-electron chi connectivity index (χ0n) is 44.2. The summed E-state index contributed by atoms with van der Waals surface area (Å²) in [6.45, 7) is 26.3. The Balaban J connectivity index is 0.000000574. The van der Waals surface area contributed by atoms with Gasteiger partial charge in [0.25, 0.3) is 11.1 Å². The molecule has 4 rings (SSSR count). The van der Waals surface area contributed by atoms with Gasteiger partial charge in [-0.3, -0.25) is 9.59 Å². The predicted molar refractivity (Wildman–Crippen MR) is 277 cm³/mol. The van der Waals surface area contributed by atoms with Gasteiger partial charge in [-0.25, -0.2) is 9.59 Å². The predicted octanol–water partition coefficient (Wildman–Crippen LogP) is 10.4. The number of piperidine rings is 2. The van der Waals surface area contributed by atoms with Crippen molar-refractivity contribution in [1.82, 2.24) is 20.0 Å². The zero-order chi connectivity index (χ0) is 51.7. The van der Waals surface area contributed by atoms with E-state index in [0.717, 1.165) is 58.2 Å². The molecule has 0 bridgehead atoms. The first kappa shape index (κ1) is 63.5. The normalized spacial score (nSPS) is 15.8. The summed E-state index contributed by atoms with van der Waals surface area (Å²) in [7, 11) is 6.41. The minimum Gasteiger partial charge on any atom is -0.493 e. The lowest BCUT2D eigenvalue weighted by atomic mass is 10.0. The van der Waals surface area contributed by atoms with Crippen LogP contribution in [0, 0.1) is 11.8 Å². The van der Waals surface area contributed by atoms with Gasteiger partial charge in [-0.05, 0) is 134 Å². The molecule has 2 aliphatic heterocycles. The van der Waals surface area contributed by atoms with E-state index in [2.05, 4.69) is 33.0 Å². The molecule has 400 valence electrons. The highest BCUT2D eigenvalue weighted by Crippen LogP contribution is 2.31. The molecule has 1 N–H and O–H groups in total. The fourth-order valence-corrected chi connectivity index (χ4v) is 7.42. The van der Waals surface area contributed by atoms with Gasteiger partial charge in [0, 0.05) is 96.2 Å². The Morgan fingerprint density at radius 3 is 1.59 bits per heavy atom. The fourth-order valence-electron chi connectivity index (χ4n) is 7.30. The van der Waals surface area contributed by atoms with Crippen molar-refractivity contribution in [2.75, 3.05) is 94.1 Å². The van der Waals surface area contributed by atoms with Gasteiger partial charge < -0.3 is 57.9 Å². The largest absolute Gasteiger partial charge is 0.493 e. The summed E-state index contributed by atoms with van der Waals surface area (Å²) in [6.07, 6.45) is 4.85. The number of halogens is 1. The van der Waals surface area contributed by atoms with E-state index < -0.39 is 16.4 Å². The van der Waals surface area contributed by atoms with Crippen LogP contribution in [0.15, 0.2) is 36.4 Å². The molecule has 70 heavy (non-hydrogen) atoms. The monoisotopic (exact) mass is 1010 g/mol. The van der Waals surface area contributed by atoms with Crippen molar-refractivity contribution in [2.24, 2.45) is 11.8 Å². The average molecular weight is 1010 g/mol. The molecule has 0 saturated carbocycles. The molecule has 3 amide bonds. The molecule has 2 heterocycles.